The van der Waals surface area contributed by atoms with Gasteiger partial charge in [-0.05, 0) is 58.2 Å². The number of aryl methyl sites for hydroxylation is 3. The van der Waals surface area contributed by atoms with Crippen LogP contribution in [0.4, 0.5) is 0 Å². The molecule has 1 saturated heterocycles. The molecule has 0 radical (unpaired) electrons. The molecule has 4 nitrogen and oxygen atoms in total. The van der Waals surface area contributed by atoms with Crippen LogP contribution in [0.15, 0.2) is 18.2 Å². The minimum Gasteiger partial charge on any atom is -0.340 e. The fraction of sp³-hybridized carbons (Fsp3) is 0.579. The lowest BCUT2D eigenvalue weighted by atomic mass is 10.0. The Morgan fingerprint density at radius 2 is 2.12 bits per heavy atom. The fourth-order valence-corrected chi connectivity index (χ4v) is 5.10. The van der Waals surface area contributed by atoms with Crippen molar-refractivity contribution in [2.75, 3.05) is 13.1 Å². The second kappa shape index (κ2) is 6.03. The van der Waals surface area contributed by atoms with E-state index in [2.05, 4.69) is 46.7 Å². The first kappa shape index (κ1) is 15.9. The number of nitrogens with zero attached hydrogens (tertiary/aromatic N) is 3. The molecular weight excluding hydrogens is 318 g/mol. The SMILES string of the molecule is Cc1cc(C)n([C@@H]2CCCN(C(=O)[C@H]3C[C@H]3c3ccc(C)s3)C2)n1. The monoisotopic (exact) mass is 343 g/mol. The van der Waals surface area contributed by atoms with Gasteiger partial charge >= 0.3 is 0 Å². The van der Waals surface area contributed by atoms with Crippen molar-refractivity contribution in [3.05, 3.63) is 39.3 Å². The van der Waals surface area contributed by atoms with Gasteiger partial charge in [-0.2, -0.15) is 5.10 Å². The largest absolute Gasteiger partial charge is 0.340 e. The van der Waals surface area contributed by atoms with Gasteiger partial charge in [0.05, 0.1) is 11.7 Å². The molecule has 0 aromatic carbocycles. The van der Waals surface area contributed by atoms with Gasteiger partial charge in [-0.1, -0.05) is 0 Å². The first-order valence-corrected chi connectivity index (χ1v) is 9.72. The Labute approximate surface area is 147 Å². The number of likely N-dealkylation sites (tertiary alicyclic amines) is 1. The summed E-state index contributed by atoms with van der Waals surface area (Å²) in [7, 11) is 0. The number of piperidine rings is 1. The molecule has 1 aliphatic heterocycles. The number of thiophene rings is 1. The maximum Gasteiger partial charge on any atom is 0.226 e. The highest BCUT2D eigenvalue weighted by Crippen LogP contribution is 2.50. The molecule has 3 atom stereocenters. The van der Waals surface area contributed by atoms with Crippen LogP contribution in [0, 0.1) is 26.7 Å². The number of hydrogen-bond acceptors (Lipinski definition) is 3. The Morgan fingerprint density at radius 3 is 2.79 bits per heavy atom. The topological polar surface area (TPSA) is 38.1 Å². The fourth-order valence-electron chi connectivity index (χ4n) is 4.04. The third kappa shape index (κ3) is 2.90. The van der Waals surface area contributed by atoms with Crippen molar-refractivity contribution < 1.29 is 4.79 Å². The van der Waals surface area contributed by atoms with E-state index in [9.17, 15) is 4.79 Å². The summed E-state index contributed by atoms with van der Waals surface area (Å²) in [5, 5.41) is 4.63. The van der Waals surface area contributed by atoms with Gasteiger partial charge in [0, 0.05) is 40.4 Å². The molecule has 2 aliphatic rings. The molecule has 24 heavy (non-hydrogen) atoms. The van der Waals surface area contributed by atoms with E-state index in [1.165, 1.54) is 15.4 Å². The van der Waals surface area contributed by atoms with E-state index in [4.69, 9.17) is 0 Å². The zero-order valence-corrected chi connectivity index (χ0v) is 15.5. The summed E-state index contributed by atoms with van der Waals surface area (Å²) >= 11 is 1.84. The molecule has 0 spiro atoms. The highest BCUT2D eigenvalue weighted by molar-refractivity contribution is 7.12. The van der Waals surface area contributed by atoms with E-state index in [1.807, 2.05) is 18.3 Å². The van der Waals surface area contributed by atoms with Crippen LogP contribution in [0.5, 0.6) is 0 Å². The molecule has 0 unspecified atom stereocenters. The van der Waals surface area contributed by atoms with Gasteiger partial charge in [0.2, 0.25) is 5.91 Å². The van der Waals surface area contributed by atoms with Crippen molar-refractivity contribution in [1.29, 1.82) is 0 Å². The Kier molecular flexibility index (Phi) is 3.99. The van der Waals surface area contributed by atoms with Gasteiger partial charge in [-0.3, -0.25) is 9.48 Å². The molecule has 1 saturated carbocycles. The molecule has 0 N–H and O–H groups in total. The maximum absolute atomic E-state index is 12.9. The third-order valence-electron chi connectivity index (χ3n) is 5.33. The van der Waals surface area contributed by atoms with Gasteiger partial charge in [-0.25, -0.2) is 0 Å². The van der Waals surface area contributed by atoms with Crippen LogP contribution in [0.1, 0.15) is 52.4 Å². The minimum absolute atomic E-state index is 0.210. The second-order valence-corrected chi connectivity index (χ2v) is 8.67. The maximum atomic E-state index is 12.9. The summed E-state index contributed by atoms with van der Waals surface area (Å²) in [5.74, 6) is 1.03. The third-order valence-corrected chi connectivity index (χ3v) is 6.47. The highest BCUT2D eigenvalue weighted by Gasteiger charge is 2.47. The van der Waals surface area contributed by atoms with Crippen molar-refractivity contribution in [3.63, 3.8) is 0 Å². The van der Waals surface area contributed by atoms with Crippen LogP contribution in [0.3, 0.4) is 0 Å². The molecule has 2 aromatic heterocycles. The van der Waals surface area contributed by atoms with Crippen LogP contribution < -0.4 is 0 Å². The van der Waals surface area contributed by atoms with Gasteiger partial charge in [0.25, 0.3) is 0 Å². The lowest BCUT2D eigenvalue weighted by Crippen LogP contribution is -2.42. The first-order valence-electron chi connectivity index (χ1n) is 8.91. The van der Waals surface area contributed by atoms with E-state index in [1.54, 1.807) is 0 Å². The average Bonchev–Trinajstić information content (AvgIpc) is 3.13. The Bertz CT molecular complexity index is 763. The molecular formula is C19H25N3OS. The molecule has 1 amide bonds. The Hall–Kier alpha value is -1.62. The van der Waals surface area contributed by atoms with Crippen LogP contribution in [0.25, 0.3) is 0 Å². The van der Waals surface area contributed by atoms with Crippen molar-refractivity contribution in [3.8, 4) is 0 Å². The standard InChI is InChI=1S/C19H25N3OS/c1-12-9-13(2)22(20-12)15-5-4-8-21(11-15)19(23)17-10-16(17)18-7-6-14(3)24-18/h6-7,9,15-17H,4-5,8,10-11H2,1-3H3/t15-,16-,17+/m1/s1. The summed E-state index contributed by atoms with van der Waals surface area (Å²) in [6, 6.07) is 6.82. The predicted octanol–water partition coefficient (Wildman–Crippen LogP) is 3.84. The molecule has 2 fully saturated rings. The van der Waals surface area contributed by atoms with Gasteiger partial charge in [-0.15, -0.1) is 11.3 Å². The predicted molar refractivity (Wildman–Crippen MR) is 96.5 cm³/mol. The number of rotatable bonds is 3. The van der Waals surface area contributed by atoms with Gasteiger partial charge in [0.1, 0.15) is 0 Å². The Morgan fingerprint density at radius 1 is 1.29 bits per heavy atom. The lowest BCUT2D eigenvalue weighted by Gasteiger charge is -2.33. The normalized spacial score (nSPS) is 26.6. The molecule has 4 rings (SSSR count). The van der Waals surface area contributed by atoms with Crippen LogP contribution in [-0.4, -0.2) is 33.7 Å². The summed E-state index contributed by atoms with van der Waals surface area (Å²) < 4.78 is 2.13. The molecule has 5 heteroatoms. The summed E-state index contributed by atoms with van der Waals surface area (Å²) in [4.78, 5) is 17.7. The summed E-state index contributed by atoms with van der Waals surface area (Å²) in [6.07, 6.45) is 3.22. The summed E-state index contributed by atoms with van der Waals surface area (Å²) in [6.45, 7) is 8.00. The number of carbonyl (C=O) groups is 1. The van der Waals surface area contributed by atoms with E-state index in [0.717, 1.165) is 38.0 Å². The molecule has 128 valence electrons. The quantitative estimate of drug-likeness (QED) is 0.849. The smallest absolute Gasteiger partial charge is 0.226 e. The van der Waals surface area contributed by atoms with Crippen molar-refractivity contribution >= 4 is 17.2 Å². The van der Waals surface area contributed by atoms with E-state index in [0.29, 0.717) is 17.9 Å². The first-order chi connectivity index (χ1) is 11.5. The van der Waals surface area contributed by atoms with Crippen molar-refractivity contribution in [2.45, 2.75) is 52.0 Å². The number of aromatic nitrogens is 2. The van der Waals surface area contributed by atoms with Crippen molar-refractivity contribution in [2.24, 2.45) is 5.92 Å². The van der Waals surface area contributed by atoms with Crippen molar-refractivity contribution in [1.82, 2.24) is 14.7 Å². The zero-order valence-electron chi connectivity index (χ0n) is 14.7. The molecule has 3 heterocycles. The van der Waals surface area contributed by atoms with Crippen LogP contribution in [0.2, 0.25) is 0 Å². The minimum atomic E-state index is 0.210. The number of amides is 1. The second-order valence-electron chi connectivity index (χ2n) is 7.35. The van der Waals surface area contributed by atoms with E-state index in [-0.39, 0.29) is 5.92 Å². The van der Waals surface area contributed by atoms with Crippen LogP contribution >= 0.6 is 11.3 Å². The summed E-state index contributed by atoms with van der Waals surface area (Å²) in [5.41, 5.74) is 2.26. The number of hydrogen-bond donors (Lipinski definition) is 0. The van der Waals surface area contributed by atoms with E-state index < -0.39 is 0 Å². The zero-order chi connectivity index (χ0) is 16.8. The number of carbonyl (C=O) groups excluding carboxylic acids is 1. The highest BCUT2D eigenvalue weighted by atomic mass is 32.1. The Balaban J connectivity index is 1.43. The molecule has 1 aliphatic carbocycles. The van der Waals surface area contributed by atoms with Crippen LogP contribution in [-0.2, 0) is 4.79 Å². The van der Waals surface area contributed by atoms with E-state index >= 15 is 0 Å². The molecule has 0 bridgehead atoms. The van der Waals surface area contributed by atoms with Gasteiger partial charge in [0.15, 0.2) is 0 Å². The van der Waals surface area contributed by atoms with Gasteiger partial charge < -0.3 is 4.90 Å². The average molecular weight is 343 g/mol. The lowest BCUT2D eigenvalue weighted by molar-refractivity contribution is -0.134. The molecule has 2 aromatic rings.